The van der Waals surface area contributed by atoms with Crippen LogP contribution in [0.4, 0.5) is 0 Å². The number of rotatable bonds is 3. The summed E-state index contributed by atoms with van der Waals surface area (Å²) in [6.45, 7) is 2.11. The first-order chi connectivity index (χ1) is 8.54. The summed E-state index contributed by atoms with van der Waals surface area (Å²) in [5, 5.41) is 1.31. The zero-order valence-corrected chi connectivity index (χ0v) is 11.8. The Labute approximate surface area is 115 Å². The molecule has 0 atom stereocenters. The lowest BCUT2D eigenvalue weighted by molar-refractivity contribution is 0.684. The number of aryl methyl sites for hydroxylation is 1. The van der Waals surface area contributed by atoms with Crippen molar-refractivity contribution in [1.29, 1.82) is 0 Å². The van der Waals surface area contributed by atoms with Crippen LogP contribution in [0.1, 0.15) is 25.6 Å². The van der Waals surface area contributed by atoms with E-state index in [1.807, 2.05) is 0 Å². The molecule has 2 rings (SSSR count). The lowest BCUT2D eigenvalue weighted by Gasteiger charge is -2.09. The van der Waals surface area contributed by atoms with E-state index >= 15 is 0 Å². The third kappa shape index (κ3) is 2.38. The van der Waals surface area contributed by atoms with Gasteiger partial charge in [0, 0.05) is 13.5 Å². The first-order valence-corrected chi connectivity index (χ1v) is 6.65. The van der Waals surface area contributed by atoms with E-state index in [9.17, 15) is 4.79 Å². The van der Waals surface area contributed by atoms with Crippen molar-refractivity contribution in [3.05, 3.63) is 38.4 Å². The summed E-state index contributed by atoms with van der Waals surface area (Å²) in [6.07, 6.45) is 2.86. The number of unbranched alkanes of at least 4 members (excludes halogenated alkanes) is 1. The van der Waals surface area contributed by atoms with Crippen LogP contribution in [0.25, 0.3) is 10.9 Å². The molecule has 0 N–H and O–H groups in total. The Kier molecular flexibility index (Phi) is 3.93. The zero-order valence-electron chi connectivity index (χ0n) is 10.3. The zero-order chi connectivity index (χ0) is 13.3. The van der Waals surface area contributed by atoms with E-state index in [4.69, 9.17) is 23.2 Å². The third-order valence-electron chi connectivity index (χ3n) is 2.96. The number of aromatic nitrogens is 2. The molecule has 1 aromatic carbocycles. The van der Waals surface area contributed by atoms with E-state index in [-0.39, 0.29) is 5.56 Å². The van der Waals surface area contributed by atoms with Gasteiger partial charge in [0.2, 0.25) is 0 Å². The highest BCUT2D eigenvalue weighted by molar-refractivity contribution is 6.42. The van der Waals surface area contributed by atoms with Crippen molar-refractivity contribution in [2.75, 3.05) is 0 Å². The van der Waals surface area contributed by atoms with Gasteiger partial charge in [0.05, 0.1) is 20.9 Å². The number of hydrogen-bond acceptors (Lipinski definition) is 2. The topological polar surface area (TPSA) is 34.9 Å². The van der Waals surface area contributed by atoms with Crippen molar-refractivity contribution in [3.63, 3.8) is 0 Å². The minimum absolute atomic E-state index is 0.0790. The molecule has 1 aromatic heterocycles. The highest BCUT2D eigenvalue weighted by Crippen LogP contribution is 2.25. The van der Waals surface area contributed by atoms with E-state index < -0.39 is 0 Å². The molecule has 0 aliphatic rings. The summed E-state index contributed by atoms with van der Waals surface area (Å²) in [6, 6.07) is 3.23. The fourth-order valence-electron chi connectivity index (χ4n) is 1.87. The molecular weight excluding hydrogens is 271 g/mol. The van der Waals surface area contributed by atoms with Gasteiger partial charge in [-0.25, -0.2) is 4.98 Å². The van der Waals surface area contributed by atoms with Crippen molar-refractivity contribution in [3.8, 4) is 0 Å². The Morgan fingerprint density at radius 2 is 1.94 bits per heavy atom. The average Bonchev–Trinajstić information content (AvgIpc) is 2.35. The summed E-state index contributed by atoms with van der Waals surface area (Å²) < 4.78 is 1.59. The van der Waals surface area contributed by atoms with Crippen LogP contribution in [0, 0.1) is 0 Å². The Morgan fingerprint density at radius 3 is 2.61 bits per heavy atom. The molecule has 0 bridgehead atoms. The fourth-order valence-corrected chi connectivity index (χ4v) is 2.19. The van der Waals surface area contributed by atoms with Gasteiger partial charge in [-0.05, 0) is 18.6 Å². The Bertz CT molecular complexity index is 649. The third-order valence-corrected chi connectivity index (χ3v) is 3.69. The molecule has 5 heteroatoms. The van der Waals surface area contributed by atoms with Gasteiger partial charge in [0.25, 0.3) is 5.56 Å². The van der Waals surface area contributed by atoms with Crippen LogP contribution in [0.3, 0.4) is 0 Å². The summed E-state index contributed by atoms with van der Waals surface area (Å²) >= 11 is 11.9. The predicted octanol–water partition coefficient (Wildman–Crippen LogP) is 3.58. The van der Waals surface area contributed by atoms with Crippen LogP contribution in [-0.2, 0) is 13.5 Å². The van der Waals surface area contributed by atoms with Gasteiger partial charge in [-0.2, -0.15) is 0 Å². The number of fused-ring (bicyclic) bond motifs is 1. The Hall–Kier alpha value is -1.06. The van der Waals surface area contributed by atoms with Crippen molar-refractivity contribution in [2.24, 2.45) is 7.05 Å². The van der Waals surface area contributed by atoms with E-state index in [1.54, 1.807) is 23.7 Å². The van der Waals surface area contributed by atoms with Crippen LogP contribution in [0.2, 0.25) is 10.0 Å². The first kappa shape index (κ1) is 13.4. The van der Waals surface area contributed by atoms with E-state index in [1.165, 1.54) is 0 Å². The largest absolute Gasteiger partial charge is 0.299 e. The molecule has 0 aliphatic heterocycles. The maximum atomic E-state index is 12.2. The second-order valence-electron chi connectivity index (χ2n) is 4.28. The molecule has 0 radical (unpaired) electrons. The van der Waals surface area contributed by atoms with Gasteiger partial charge in [0.15, 0.2) is 0 Å². The second kappa shape index (κ2) is 5.29. The van der Waals surface area contributed by atoms with E-state index in [0.29, 0.717) is 20.9 Å². The molecule has 0 saturated heterocycles. The molecule has 18 heavy (non-hydrogen) atoms. The average molecular weight is 285 g/mol. The lowest BCUT2D eigenvalue weighted by atomic mass is 10.2. The smallest absolute Gasteiger partial charge is 0.261 e. The molecule has 1 heterocycles. The highest BCUT2D eigenvalue weighted by atomic mass is 35.5. The minimum Gasteiger partial charge on any atom is -0.299 e. The predicted molar refractivity (Wildman–Crippen MR) is 75.6 cm³/mol. The molecule has 96 valence electrons. The maximum Gasteiger partial charge on any atom is 0.261 e. The highest BCUT2D eigenvalue weighted by Gasteiger charge is 2.10. The minimum atomic E-state index is -0.0790. The summed E-state index contributed by atoms with van der Waals surface area (Å²) in [5.41, 5.74) is 0.531. The molecule has 0 aliphatic carbocycles. The Morgan fingerprint density at radius 1 is 1.28 bits per heavy atom. The standard InChI is InChI=1S/C13H14Cl2N2O/c1-3-4-5-12-16-11-7-10(15)9(14)6-8(11)13(18)17(12)2/h6-7H,3-5H2,1-2H3. The molecule has 3 nitrogen and oxygen atoms in total. The summed E-state index contributed by atoms with van der Waals surface area (Å²) in [7, 11) is 1.74. The summed E-state index contributed by atoms with van der Waals surface area (Å²) in [5.74, 6) is 0.785. The Balaban J connectivity index is 2.67. The van der Waals surface area contributed by atoms with Crippen molar-refractivity contribution >= 4 is 34.1 Å². The van der Waals surface area contributed by atoms with Crippen molar-refractivity contribution in [2.45, 2.75) is 26.2 Å². The fraction of sp³-hybridized carbons (Fsp3) is 0.385. The quantitative estimate of drug-likeness (QED) is 0.864. The van der Waals surface area contributed by atoms with Crippen molar-refractivity contribution in [1.82, 2.24) is 9.55 Å². The summed E-state index contributed by atoms with van der Waals surface area (Å²) in [4.78, 5) is 16.7. The van der Waals surface area contributed by atoms with E-state index in [2.05, 4.69) is 11.9 Å². The molecule has 2 aromatic rings. The van der Waals surface area contributed by atoms with Crippen molar-refractivity contribution < 1.29 is 0 Å². The maximum absolute atomic E-state index is 12.2. The second-order valence-corrected chi connectivity index (χ2v) is 5.09. The lowest BCUT2D eigenvalue weighted by Crippen LogP contribution is -2.22. The van der Waals surface area contributed by atoms with Crippen LogP contribution in [0.15, 0.2) is 16.9 Å². The van der Waals surface area contributed by atoms with Gasteiger partial charge in [-0.1, -0.05) is 36.5 Å². The van der Waals surface area contributed by atoms with Crippen LogP contribution in [0.5, 0.6) is 0 Å². The molecule has 0 fully saturated rings. The molecule has 0 unspecified atom stereocenters. The van der Waals surface area contributed by atoms with Crippen LogP contribution < -0.4 is 5.56 Å². The molecule has 0 saturated carbocycles. The van der Waals surface area contributed by atoms with E-state index in [0.717, 1.165) is 25.1 Å². The monoisotopic (exact) mass is 284 g/mol. The van der Waals surface area contributed by atoms with Crippen LogP contribution in [-0.4, -0.2) is 9.55 Å². The van der Waals surface area contributed by atoms with Crippen LogP contribution >= 0.6 is 23.2 Å². The van der Waals surface area contributed by atoms with Gasteiger partial charge >= 0.3 is 0 Å². The van der Waals surface area contributed by atoms with Gasteiger partial charge in [-0.3, -0.25) is 9.36 Å². The normalized spacial score (nSPS) is 11.1. The molecular formula is C13H14Cl2N2O. The number of nitrogens with zero attached hydrogens (tertiary/aromatic N) is 2. The SMILES string of the molecule is CCCCc1nc2cc(Cl)c(Cl)cc2c(=O)n1C. The number of halogens is 2. The molecule has 0 spiro atoms. The van der Waals surface area contributed by atoms with Gasteiger partial charge in [-0.15, -0.1) is 0 Å². The number of hydrogen-bond donors (Lipinski definition) is 0. The number of benzene rings is 1. The molecule has 0 amide bonds. The first-order valence-electron chi connectivity index (χ1n) is 5.89. The van der Waals surface area contributed by atoms with Gasteiger partial charge < -0.3 is 0 Å². The van der Waals surface area contributed by atoms with Gasteiger partial charge in [0.1, 0.15) is 5.82 Å².